The van der Waals surface area contributed by atoms with E-state index in [1.165, 1.54) is 43.8 Å². The van der Waals surface area contributed by atoms with Gasteiger partial charge in [0.2, 0.25) is 0 Å². The first kappa shape index (κ1) is 21.9. The Kier molecular flexibility index (Phi) is 6.08. The molecule has 2 nitrogen and oxygen atoms in total. The summed E-state index contributed by atoms with van der Waals surface area (Å²) in [5, 5.41) is 12.6. The predicted octanol–water partition coefficient (Wildman–Crippen LogP) is 8.88. The summed E-state index contributed by atoms with van der Waals surface area (Å²) in [6, 6.07) is 47.3. The molecule has 6 aromatic carbocycles. The van der Waals surface area contributed by atoms with Crippen LogP contribution in [0.25, 0.3) is 32.7 Å². The van der Waals surface area contributed by atoms with Crippen molar-refractivity contribution in [2.45, 2.75) is 13.1 Å². The van der Waals surface area contributed by atoms with Gasteiger partial charge in [0, 0.05) is 35.6 Å². The Hall–Kier alpha value is -4.56. The van der Waals surface area contributed by atoms with Crippen molar-refractivity contribution >= 4 is 32.9 Å². The predicted molar refractivity (Wildman–Crippen MR) is 154 cm³/mol. The standard InChI is InChI=1S/C34H28N2/c1-3-17-29-25(11-1)13-9-15-27(29)23-35-33-21-7-5-19-31(33)32-20-6-8-22-34(32)36-24-28-16-10-14-26-12-2-4-18-30(26)28/h1-22,35-36H,23-24H2. The molecule has 0 radical (unpaired) electrons. The Morgan fingerprint density at radius 2 is 0.750 bits per heavy atom. The number of hydrogen-bond acceptors (Lipinski definition) is 2. The third-order valence-corrected chi connectivity index (χ3v) is 6.84. The number of rotatable bonds is 7. The average molecular weight is 465 g/mol. The maximum absolute atomic E-state index is 3.72. The lowest BCUT2D eigenvalue weighted by molar-refractivity contribution is 1.16. The van der Waals surface area contributed by atoms with E-state index in [0.29, 0.717) is 0 Å². The van der Waals surface area contributed by atoms with Gasteiger partial charge in [0.05, 0.1) is 0 Å². The molecule has 0 heterocycles. The number of fused-ring (bicyclic) bond motifs is 2. The molecule has 36 heavy (non-hydrogen) atoms. The van der Waals surface area contributed by atoms with Gasteiger partial charge in [-0.2, -0.15) is 0 Å². The van der Waals surface area contributed by atoms with Crippen LogP contribution in [-0.4, -0.2) is 0 Å². The van der Waals surface area contributed by atoms with Gasteiger partial charge < -0.3 is 10.6 Å². The van der Waals surface area contributed by atoms with Gasteiger partial charge in [0.1, 0.15) is 0 Å². The van der Waals surface area contributed by atoms with Crippen LogP contribution in [0.15, 0.2) is 133 Å². The van der Waals surface area contributed by atoms with Crippen LogP contribution in [-0.2, 0) is 13.1 Å². The molecular formula is C34H28N2. The highest BCUT2D eigenvalue weighted by molar-refractivity contribution is 5.89. The molecule has 0 aliphatic carbocycles. The first-order valence-electron chi connectivity index (χ1n) is 12.5. The summed E-state index contributed by atoms with van der Waals surface area (Å²) in [6.07, 6.45) is 0. The zero-order valence-corrected chi connectivity index (χ0v) is 20.1. The van der Waals surface area contributed by atoms with Crippen LogP contribution < -0.4 is 10.6 Å². The second kappa shape index (κ2) is 9.97. The van der Waals surface area contributed by atoms with E-state index in [9.17, 15) is 0 Å². The van der Waals surface area contributed by atoms with Gasteiger partial charge in [-0.25, -0.2) is 0 Å². The van der Waals surface area contributed by atoms with Gasteiger partial charge in [0.25, 0.3) is 0 Å². The van der Waals surface area contributed by atoms with E-state index in [1.807, 2.05) is 0 Å². The summed E-state index contributed by atoms with van der Waals surface area (Å²) in [5.41, 5.74) is 7.24. The lowest BCUT2D eigenvalue weighted by atomic mass is 10.00. The van der Waals surface area contributed by atoms with Crippen molar-refractivity contribution in [1.82, 2.24) is 0 Å². The highest BCUT2D eigenvalue weighted by atomic mass is 14.9. The third-order valence-electron chi connectivity index (χ3n) is 6.84. The van der Waals surface area contributed by atoms with E-state index in [2.05, 4.69) is 144 Å². The summed E-state index contributed by atoms with van der Waals surface area (Å²) in [4.78, 5) is 0. The topological polar surface area (TPSA) is 24.1 Å². The lowest BCUT2D eigenvalue weighted by Gasteiger charge is -2.17. The van der Waals surface area contributed by atoms with Crippen LogP contribution in [0.3, 0.4) is 0 Å². The number of nitrogens with one attached hydrogen (secondary N) is 2. The number of anilines is 2. The molecule has 0 aromatic heterocycles. The van der Waals surface area contributed by atoms with Crippen molar-refractivity contribution < 1.29 is 0 Å². The minimum absolute atomic E-state index is 0.768. The lowest BCUT2D eigenvalue weighted by Crippen LogP contribution is -2.04. The first-order valence-corrected chi connectivity index (χ1v) is 12.5. The number of hydrogen-bond donors (Lipinski definition) is 2. The second-order valence-electron chi connectivity index (χ2n) is 9.07. The first-order chi connectivity index (χ1) is 17.9. The van der Waals surface area contributed by atoms with E-state index >= 15 is 0 Å². The molecule has 0 aliphatic heterocycles. The fraction of sp³-hybridized carbons (Fsp3) is 0.0588. The molecule has 0 fully saturated rings. The van der Waals surface area contributed by atoms with Crippen molar-refractivity contribution in [2.75, 3.05) is 10.6 Å². The molecular weight excluding hydrogens is 436 g/mol. The zero-order valence-electron chi connectivity index (χ0n) is 20.1. The fourth-order valence-electron chi connectivity index (χ4n) is 5.02. The molecule has 174 valence electrons. The normalized spacial score (nSPS) is 11.0. The summed E-state index contributed by atoms with van der Waals surface area (Å²) < 4.78 is 0. The van der Waals surface area contributed by atoms with Crippen molar-refractivity contribution in [2.24, 2.45) is 0 Å². The van der Waals surface area contributed by atoms with Crippen LogP contribution in [0.1, 0.15) is 11.1 Å². The van der Waals surface area contributed by atoms with E-state index in [-0.39, 0.29) is 0 Å². The zero-order chi connectivity index (χ0) is 24.2. The smallest absolute Gasteiger partial charge is 0.0423 e. The Morgan fingerprint density at radius 1 is 0.361 bits per heavy atom. The van der Waals surface area contributed by atoms with E-state index in [0.717, 1.165) is 24.5 Å². The number of para-hydroxylation sites is 2. The van der Waals surface area contributed by atoms with Gasteiger partial charge in [-0.1, -0.05) is 121 Å². The summed E-state index contributed by atoms with van der Waals surface area (Å²) in [5.74, 6) is 0. The molecule has 2 heteroatoms. The second-order valence-corrected chi connectivity index (χ2v) is 9.07. The molecule has 2 N–H and O–H groups in total. The van der Waals surface area contributed by atoms with Gasteiger partial charge in [0.15, 0.2) is 0 Å². The monoisotopic (exact) mass is 464 g/mol. The molecule has 6 aromatic rings. The highest BCUT2D eigenvalue weighted by Crippen LogP contribution is 2.34. The molecule has 0 aliphatic rings. The molecule has 0 saturated carbocycles. The maximum Gasteiger partial charge on any atom is 0.0423 e. The summed E-state index contributed by atoms with van der Waals surface area (Å²) in [7, 11) is 0. The van der Waals surface area contributed by atoms with Gasteiger partial charge >= 0.3 is 0 Å². The Morgan fingerprint density at radius 3 is 1.25 bits per heavy atom. The fourth-order valence-corrected chi connectivity index (χ4v) is 5.02. The molecule has 0 saturated heterocycles. The van der Waals surface area contributed by atoms with Gasteiger partial charge in [-0.15, -0.1) is 0 Å². The third kappa shape index (κ3) is 4.42. The van der Waals surface area contributed by atoms with E-state index < -0.39 is 0 Å². The van der Waals surface area contributed by atoms with Crippen molar-refractivity contribution in [3.63, 3.8) is 0 Å². The molecule has 0 unspecified atom stereocenters. The highest BCUT2D eigenvalue weighted by Gasteiger charge is 2.10. The maximum atomic E-state index is 3.72. The molecule has 0 bridgehead atoms. The van der Waals surface area contributed by atoms with Crippen LogP contribution >= 0.6 is 0 Å². The Labute approximate surface area is 212 Å². The summed E-state index contributed by atoms with van der Waals surface area (Å²) >= 11 is 0. The SMILES string of the molecule is c1ccc(-c2ccccc2NCc2cccc3ccccc23)c(NCc2cccc3ccccc23)c1. The van der Waals surface area contributed by atoms with Crippen molar-refractivity contribution in [3.8, 4) is 11.1 Å². The van der Waals surface area contributed by atoms with Gasteiger partial charge in [-0.3, -0.25) is 0 Å². The van der Waals surface area contributed by atoms with Gasteiger partial charge in [-0.05, 0) is 44.8 Å². The quantitative estimate of drug-likeness (QED) is 0.246. The molecule has 0 spiro atoms. The van der Waals surface area contributed by atoms with Crippen LogP contribution in [0.2, 0.25) is 0 Å². The summed E-state index contributed by atoms with van der Waals surface area (Å²) in [6.45, 7) is 1.54. The average Bonchev–Trinajstić information content (AvgIpc) is 2.95. The minimum Gasteiger partial charge on any atom is -0.380 e. The largest absolute Gasteiger partial charge is 0.380 e. The van der Waals surface area contributed by atoms with Crippen LogP contribution in [0.4, 0.5) is 11.4 Å². The van der Waals surface area contributed by atoms with Crippen LogP contribution in [0.5, 0.6) is 0 Å². The molecule has 6 rings (SSSR count). The molecule has 0 amide bonds. The van der Waals surface area contributed by atoms with Crippen molar-refractivity contribution in [1.29, 1.82) is 0 Å². The minimum atomic E-state index is 0.768. The molecule has 0 atom stereocenters. The van der Waals surface area contributed by atoms with E-state index in [4.69, 9.17) is 0 Å². The Bertz CT molecular complexity index is 1520. The Balaban J connectivity index is 1.28. The number of benzene rings is 6. The van der Waals surface area contributed by atoms with Crippen LogP contribution in [0, 0.1) is 0 Å². The van der Waals surface area contributed by atoms with E-state index in [1.54, 1.807) is 0 Å². The van der Waals surface area contributed by atoms with Crippen molar-refractivity contribution in [3.05, 3.63) is 145 Å².